The standard InChI is InChI=1S/C23H34N2O2/c1-3-16(2)25-14-20-19(21(20)15-25)13-24-22(26)23(27,18-11-7-8-12-18)17-9-5-4-6-10-17/h4-6,9-10,16,18-21,27H,3,7-8,11-15H2,1-2H3,(H,24,26)/t16?,19?,20-,21?,23-/m1/s1. The Hall–Kier alpha value is -1.39. The van der Waals surface area contributed by atoms with Crippen LogP contribution >= 0.6 is 0 Å². The fourth-order valence-electron chi connectivity index (χ4n) is 5.54. The highest BCUT2D eigenvalue weighted by Crippen LogP contribution is 2.52. The van der Waals surface area contributed by atoms with E-state index in [4.69, 9.17) is 0 Å². The molecule has 0 aromatic heterocycles. The van der Waals surface area contributed by atoms with E-state index in [-0.39, 0.29) is 11.8 Å². The van der Waals surface area contributed by atoms with Gasteiger partial charge in [0, 0.05) is 31.6 Å². The van der Waals surface area contributed by atoms with Gasteiger partial charge in [-0.2, -0.15) is 0 Å². The van der Waals surface area contributed by atoms with E-state index < -0.39 is 5.60 Å². The summed E-state index contributed by atoms with van der Waals surface area (Å²) >= 11 is 0. The molecule has 1 heterocycles. The quantitative estimate of drug-likeness (QED) is 0.775. The number of carbonyl (C=O) groups is 1. The van der Waals surface area contributed by atoms with Gasteiger partial charge in [-0.25, -0.2) is 0 Å². The van der Waals surface area contributed by atoms with Crippen molar-refractivity contribution in [3.8, 4) is 0 Å². The van der Waals surface area contributed by atoms with Crippen LogP contribution in [0.1, 0.15) is 51.5 Å². The van der Waals surface area contributed by atoms with E-state index in [1.165, 1.54) is 19.5 Å². The van der Waals surface area contributed by atoms with E-state index in [2.05, 4.69) is 24.1 Å². The van der Waals surface area contributed by atoms with Crippen molar-refractivity contribution in [3.63, 3.8) is 0 Å². The Morgan fingerprint density at radius 2 is 1.85 bits per heavy atom. The number of fused-ring (bicyclic) bond motifs is 1. The van der Waals surface area contributed by atoms with E-state index in [0.29, 0.717) is 18.5 Å². The van der Waals surface area contributed by atoms with Gasteiger partial charge < -0.3 is 15.3 Å². The lowest BCUT2D eigenvalue weighted by molar-refractivity contribution is -0.147. The number of aliphatic hydroxyl groups is 1. The van der Waals surface area contributed by atoms with Gasteiger partial charge >= 0.3 is 0 Å². The molecule has 1 aliphatic heterocycles. The second kappa shape index (κ2) is 7.56. The van der Waals surface area contributed by atoms with E-state index >= 15 is 0 Å². The molecule has 4 rings (SSSR count). The van der Waals surface area contributed by atoms with Gasteiger partial charge in [0.15, 0.2) is 5.60 Å². The molecule has 5 atom stereocenters. The van der Waals surface area contributed by atoms with Crippen molar-refractivity contribution in [3.05, 3.63) is 35.9 Å². The first-order valence-corrected chi connectivity index (χ1v) is 10.9. The molecule has 1 aromatic rings. The summed E-state index contributed by atoms with van der Waals surface area (Å²) in [6.07, 6.45) is 5.26. The van der Waals surface area contributed by atoms with E-state index in [1.807, 2.05) is 30.3 Å². The number of hydrogen-bond donors (Lipinski definition) is 2. The lowest BCUT2D eigenvalue weighted by atomic mass is 9.79. The SMILES string of the molecule is CCC(C)N1CC2C(CNC(=O)[C@@](O)(c3ccccc3)C3CCCC3)[C@H]2C1. The van der Waals surface area contributed by atoms with Crippen LogP contribution in [0.5, 0.6) is 0 Å². The Labute approximate surface area is 163 Å². The van der Waals surface area contributed by atoms with Gasteiger partial charge in [0.2, 0.25) is 0 Å². The van der Waals surface area contributed by atoms with Gasteiger partial charge in [0.25, 0.3) is 5.91 Å². The molecule has 4 nitrogen and oxygen atoms in total. The third-order valence-electron chi connectivity index (χ3n) is 7.62. The van der Waals surface area contributed by atoms with Gasteiger partial charge in [0.1, 0.15) is 0 Å². The van der Waals surface area contributed by atoms with Crippen molar-refractivity contribution < 1.29 is 9.90 Å². The molecule has 27 heavy (non-hydrogen) atoms. The summed E-state index contributed by atoms with van der Waals surface area (Å²) in [4.78, 5) is 15.7. The molecule has 0 bridgehead atoms. The number of benzene rings is 1. The van der Waals surface area contributed by atoms with Gasteiger partial charge in [-0.3, -0.25) is 4.79 Å². The Morgan fingerprint density at radius 1 is 1.22 bits per heavy atom. The first-order chi connectivity index (χ1) is 13.1. The predicted octanol–water partition coefficient (Wildman–Crippen LogP) is 3.16. The minimum atomic E-state index is -1.38. The maximum absolute atomic E-state index is 13.2. The Bertz CT molecular complexity index is 646. The zero-order valence-corrected chi connectivity index (χ0v) is 16.7. The van der Waals surface area contributed by atoms with Crippen LogP contribution in [0.25, 0.3) is 0 Å². The number of likely N-dealkylation sites (tertiary alicyclic amines) is 1. The number of piperidine rings is 1. The van der Waals surface area contributed by atoms with Crippen LogP contribution in [0.2, 0.25) is 0 Å². The van der Waals surface area contributed by atoms with Crippen LogP contribution in [0, 0.1) is 23.7 Å². The predicted molar refractivity (Wildman–Crippen MR) is 107 cm³/mol. The van der Waals surface area contributed by atoms with Gasteiger partial charge in [-0.1, -0.05) is 50.1 Å². The maximum Gasteiger partial charge on any atom is 0.256 e. The van der Waals surface area contributed by atoms with Crippen LogP contribution in [0.4, 0.5) is 0 Å². The van der Waals surface area contributed by atoms with Gasteiger partial charge in [-0.15, -0.1) is 0 Å². The topological polar surface area (TPSA) is 52.6 Å². The molecule has 1 amide bonds. The van der Waals surface area contributed by atoms with Crippen molar-refractivity contribution in [2.24, 2.45) is 23.7 Å². The second-order valence-corrected chi connectivity index (χ2v) is 9.03. The third kappa shape index (κ3) is 3.42. The molecular weight excluding hydrogens is 336 g/mol. The molecular formula is C23H34N2O2. The fourth-order valence-corrected chi connectivity index (χ4v) is 5.54. The van der Waals surface area contributed by atoms with Crippen molar-refractivity contribution in [1.82, 2.24) is 10.2 Å². The zero-order valence-electron chi connectivity index (χ0n) is 16.7. The van der Waals surface area contributed by atoms with Gasteiger partial charge in [0.05, 0.1) is 0 Å². The number of rotatable bonds is 7. The molecule has 148 valence electrons. The Balaban J connectivity index is 1.38. The van der Waals surface area contributed by atoms with Crippen LogP contribution in [0.3, 0.4) is 0 Å². The van der Waals surface area contributed by atoms with Crippen molar-refractivity contribution in [1.29, 1.82) is 0 Å². The second-order valence-electron chi connectivity index (χ2n) is 9.03. The molecule has 1 saturated heterocycles. The van der Waals surface area contributed by atoms with Crippen molar-refractivity contribution in [2.45, 2.75) is 57.6 Å². The normalized spacial score (nSPS) is 31.3. The maximum atomic E-state index is 13.2. The molecule has 2 aliphatic carbocycles. The summed E-state index contributed by atoms with van der Waals surface area (Å²) in [7, 11) is 0. The molecule has 3 unspecified atom stereocenters. The Kier molecular flexibility index (Phi) is 5.30. The summed E-state index contributed by atoms with van der Waals surface area (Å²) in [5.74, 6) is 1.90. The number of nitrogens with one attached hydrogen (secondary N) is 1. The lowest BCUT2D eigenvalue weighted by Gasteiger charge is -2.33. The first kappa shape index (κ1) is 18.9. The highest BCUT2D eigenvalue weighted by atomic mass is 16.3. The largest absolute Gasteiger partial charge is 0.375 e. The highest BCUT2D eigenvalue weighted by molar-refractivity contribution is 5.86. The minimum Gasteiger partial charge on any atom is -0.375 e. The van der Waals surface area contributed by atoms with E-state index in [0.717, 1.165) is 43.1 Å². The number of amides is 1. The first-order valence-electron chi connectivity index (χ1n) is 10.9. The summed E-state index contributed by atoms with van der Waals surface area (Å²) in [6, 6.07) is 10.2. The van der Waals surface area contributed by atoms with E-state index in [1.54, 1.807) is 0 Å². The number of nitrogens with zero attached hydrogens (tertiary/aromatic N) is 1. The lowest BCUT2D eigenvalue weighted by Crippen LogP contribution is -2.49. The Morgan fingerprint density at radius 3 is 2.44 bits per heavy atom. The average molecular weight is 371 g/mol. The molecule has 3 aliphatic rings. The van der Waals surface area contributed by atoms with Crippen molar-refractivity contribution in [2.75, 3.05) is 19.6 Å². The molecule has 0 spiro atoms. The monoisotopic (exact) mass is 370 g/mol. The molecule has 1 aromatic carbocycles. The third-order valence-corrected chi connectivity index (χ3v) is 7.62. The molecule has 0 radical (unpaired) electrons. The van der Waals surface area contributed by atoms with Crippen LogP contribution in [-0.2, 0) is 10.4 Å². The molecule has 4 heteroatoms. The fraction of sp³-hybridized carbons (Fsp3) is 0.696. The summed E-state index contributed by atoms with van der Waals surface area (Å²) in [6.45, 7) is 7.62. The average Bonchev–Trinajstić information content (AvgIpc) is 3.11. The van der Waals surface area contributed by atoms with E-state index in [9.17, 15) is 9.90 Å². The number of carbonyl (C=O) groups excluding carboxylic acids is 1. The zero-order chi connectivity index (χ0) is 19.0. The molecule has 2 N–H and O–H groups in total. The van der Waals surface area contributed by atoms with Crippen LogP contribution < -0.4 is 5.32 Å². The summed E-state index contributed by atoms with van der Waals surface area (Å²) < 4.78 is 0. The molecule has 3 fully saturated rings. The van der Waals surface area contributed by atoms with Crippen LogP contribution in [-0.4, -0.2) is 41.6 Å². The van der Waals surface area contributed by atoms with Crippen molar-refractivity contribution >= 4 is 5.91 Å². The summed E-state index contributed by atoms with van der Waals surface area (Å²) in [5.41, 5.74) is -0.641. The van der Waals surface area contributed by atoms with Crippen LogP contribution in [0.15, 0.2) is 30.3 Å². The highest BCUT2D eigenvalue weighted by Gasteiger charge is 2.56. The number of hydrogen-bond acceptors (Lipinski definition) is 3. The van der Waals surface area contributed by atoms with Gasteiger partial charge in [-0.05, 0) is 49.5 Å². The minimum absolute atomic E-state index is 0.0273. The molecule has 2 saturated carbocycles. The summed E-state index contributed by atoms with van der Waals surface area (Å²) in [5, 5.41) is 14.7. The smallest absolute Gasteiger partial charge is 0.256 e.